The van der Waals surface area contributed by atoms with E-state index in [0.717, 1.165) is 22.3 Å². The number of ketones is 1. The Hall–Kier alpha value is -3.73. The van der Waals surface area contributed by atoms with Crippen molar-refractivity contribution in [3.8, 4) is 0 Å². The van der Waals surface area contributed by atoms with Gasteiger partial charge in [-0.15, -0.1) is 0 Å². The predicted octanol–water partition coefficient (Wildman–Crippen LogP) is 4.94. The molecule has 3 aromatic rings. The molecule has 1 aliphatic rings. The molecule has 0 radical (unpaired) electrons. The Balaban J connectivity index is 2.00. The molecule has 5 nitrogen and oxygen atoms in total. The molecule has 1 atom stereocenters. The van der Waals surface area contributed by atoms with E-state index in [1.54, 1.807) is 24.5 Å². The number of aromatic nitrogens is 1. The van der Waals surface area contributed by atoms with E-state index >= 15 is 0 Å². The minimum absolute atomic E-state index is 0.0878. The van der Waals surface area contributed by atoms with Crippen LogP contribution in [0, 0.1) is 27.7 Å². The Labute approximate surface area is 181 Å². The first-order valence-electron chi connectivity index (χ1n) is 10.2. The van der Waals surface area contributed by atoms with Crippen LogP contribution >= 0.6 is 0 Å². The maximum absolute atomic E-state index is 13.2. The SMILES string of the molecule is Cc1ccc(N2C(=O)C(=O)/C(=C(/O)c3cc(C)ccc3C)C2c2ccncc2)c(C)c1. The van der Waals surface area contributed by atoms with Gasteiger partial charge in [0.1, 0.15) is 5.76 Å². The molecule has 1 unspecified atom stereocenters. The van der Waals surface area contributed by atoms with Crippen molar-refractivity contribution in [1.82, 2.24) is 4.98 Å². The fraction of sp³-hybridized carbons (Fsp3) is 0.192. The molecule has 1 fully saturated rings. The second kappa shape index (κ2) is 7.84. The molecular formula is C26H24N2O3. The second-order valence-electron chi connectivity index (χ2n) is 8.06. The van der Waals surface area contributed by atoms with Crippen molar-refractivity contribution in [3.63, 3.8) is 0 Å². The molecule has 1 aromatic heterocycles. The highest BCUT2D eigenvalue weighted by Crippen LogP contribution is 2.43. The topological polar surface area (TPSA) is 70.5 Å². The van der Waals surface area contributed by atoms with E-state index in [2.05, 4.69) is 4.98 Å². The average Bonchev–Trinajstić information content (AvgIpc) is 3.01. The molecule has 1 saturated heterocycles. The maximum Gasteiger partial charge on any atom is 0.300 e. The van der Waals surface area contributed by atoms with E-state index in [0.29, 0.717) is 16.8 Å². The Kier molecular flexibility index (Phi) is 5.19. The van der Waals surface area contributed by atoms with Gasteiger partial charge in [0, 0.05) is 23.6 Å². The highest BCUT2D eigenvalue weighted by atomic mass is 16.3. The van der Waals surface area contributed by atoms with Gasteiger partial charge in [-0.05, 0) is 68.7 Å². The lowest BCUT2D eigenvalue weighted by molar-refractivity contribution is -0.132. The number of aliphatic hydroxyl groups excluding tert-OH is 1. The second-order valence-corrected chi connectivity index (χ2v) is 8.06. The number of anilines is 1. The number of Topliss-reactive ketones (excluding diaryl/α,β-unsaturated/α-hetero) is 1. The minimum atomic E-state index is -0.746. The highest BCUT2D eigenvalue weighted by Gasteiger charge is 2.47. The zero-order valence-electron chi connectivity index (χ0n) is 18.0. The molecular weight excluding hydrogens is 388 g/mol. The van der Waals surface area contributed by atoms with Crippen molar-refractivity contribution < 1.29 is 14.7 Å². The first kappa shape index (κ1) is 20.5. The number of benzene rings is 2. The van der Waals surface area contributed by atoms with Crippen molar-refractivity contribution in [2.45, 2.75) is 33.7 Å². The Morgan fingerprint density at radius 3 is 2.19 bits per heavy atom. The smallest absolute Gasteiger partial charge is 0.300 e. The third-order valence-electron chi connectivity index (χ3n) is 5.73. The predicted molar refractivity (Wildman–Crippen MR) is 121 cm³/mol. The molecule has 1 N–H and O–H groups in total. The number of carbonyl (C=O) groups excluding carboxylic acids is 2. The Bertz CT molecular complexity index is 1230. The number of pyridine rings is 1. The van der Waals surface area contributed by atoms with Crippen molar-refractivity contribution in [1.29, 1.82) is 0 Å². The van der Waals surface area contributed by atoms with E-state index in [-0.39, 0.29) is 11.3 Å². The summed E-state index contributed by atoms with van der Waals surface area (Å²) >= 11 is 0. The molecule has 1 aliphatic heterocycles. The maximum atomic E-state index is 13.2. The number of rotatable bonds is 3. The minimum Gasteiger partial charge on any atom is -0.507 e. The van der Waals surface area contributed by atoms with Crippen LogP contribution in [0.2, 0.25) is 0 Å². The Morgan fingerprint density at radius 1 is 0.871 bits per heavy atom. The molecule has 2 aromatic carbocycles. The quantitative estimate of drug-likeness (QED) is 0.376. The number of hydrogen-bond acceptors (Lipinski definition) is 4. The van der Waals surface area contributed by atoms with Crippen molar-refractivity contribution in [2.24, 2.45) is 0 Å². The number of hydrogen-bond donors (Lipinski definition) is 1. The first-order valence-corrected chi connectivity index (χ1v) is 10.2. The van der Waals surface area contributed by atoms with Gasteiger partial charge in [0.2, 0.25) is 0 Å². The zero-order chi connectivity index (χ0) is 22.3. The molecule has 0 spiro atoms. The third-order valence-corrected chi connectivity index (χ3v) is 5.73. The summed E-state index contributed by atoms with van der Waals surface area (Å²) in [5.41, 5.74) is 5.73. The van der Waals surface area contributed by atoms with Gasteiger partial charge in [0.15, 0.2) is 0 Å². The monoisotopic (exact) mass is 412 g/mol. The van der Waals surface area contributed by atoms with Crippen LogP contribution in [-0.2, 0) is 9.59 Å². The fourth-order valence-electron chi connectivity index (χ4n) is 4.15. The summed E-state index contributed by atoms with van der Waals surface area (Å²) < 4.78 is 0. The number of aryl methyl sites for hydroxylation is 4. The summed E-state index contributed by atoms with van der Waals surface area (Å²) in [5.74, 6) is -1.51. The number of carbonyl (C=O) groups is 2. The van der Waals surface area contributed by atoms with Crippen LogP contribution in [0.5, 0.6) is 0 Å². The summed E-state index contributed by atoms with van der Waals surface area (Å²) in [5, 5.41) is 11.3. The summed E-state index contributed by atoms with van der Waals surface area (Å²) in [7, 11) is 0. The number of aliphatic hydroxyl groups is 1. The van der Waals surface area contributed by atoms with E-state index in [1.807, 2.05) is 64.1 Å². The fourth-order valence-corrected chi connectivity index (χ4v) is 4.15. The molecule has 156 valence electrons. The van der Waals surface area contributed by atoms with Crippen LogP contribution in [0.4, 0.5) is 5.69 Å². The molecule has 0 aliphatic carbocycles. The van der Waals surface area contributed by atoms with Gasteiger partial charge in [0.05, 0.1) is 11.6 Å². The normalized spacial score (nSPS) is 17.9. The van der Waals surface area contributed by atoms with Crippen molar-refractivity contribution in [2.75, 3.05) is 4.90 Å². The summed E-state index contributed by atoms with van der Waals surface area (Å²) in [6, 6.07) is 14.2. The van der Waals surface area contributed by atoms with Gasteiger partial charge in [-0.25, -0.2) is 0 Å². The lowest BCUT2D eigenvalue weighted by Gasteiger charge is -2.27. The van der Waals surface area contributed by atoms with Gasteiger partial charge < -0.3 is 5.11 Å². The van der Waals surface area contributed by atoms with Gasteiger partial charge >= 0.3 is 0 Å². The summed E-state index contributed by atoms with van der Waals surface area (Å²) in [6.45, 7) is 7.68. The van der Waals surface area contributed by atoms with Crippen LogP contribution in [0.3, 0.4) is 0 Å². The largest absolute Gasteiger partial charge is 0.507 e. The van der Waals surface area contributed by atoms with E-state index in [9.17, 15) is 14.7 Å². The molecule has 1 amide bonds. The average molecular weight is 412 g/mol. The summed E-state index contributed by atoms with van der Waals surface area (Å²) in [6.07, 6.45) is 3.24. The van der Waals surface area contributed by atoms with Crippen LogP contribution in [0.15, 0.2) is 66.5 Å². The number of nitrogens with zero attached hydrogens (tertiary/aromatic N) is 2. The zero-order valence-corrected chi connectivity index (χ0v) is 18.0. The molecule has 31 heavy (non-hydrogen) atoms. The summed E-state index contributed by atoms with van der Waals surface area (Å²) in [4.78, 5) is 32.0. The van der Waals surface area contributed by atoms with Gasteiger partial charge in [0.25, 0.3) is 11.7 Å². The molecule has 2 heterocycles. The standard InChI is InChI=1S/C26H24N2O3/c1-15-6-8-21(18(4)13-15)28-23(19-9-11-27-12-10-19)22(25(30)26(28)31)24(29)20-14-16(2)5-7-17(20)3/h5-14,23,29H,1-4H3/b24-22+. The van der Waals surface area contributed by atoms with Gasteiger partial charge in [-0.1, -0.05) is 35.4 Å². The molecule has 4 rings (SSSR count). The lowest BCUT2D eigenvalue weighted by atomic mass is 9.93. The van der Waals surface area contributed by atoms with Crippen LogP contribution in [0.1, 0.15) is 39.4 Å². The molecule has 0 saturated carbocycles. The lowest BCUT2D eigenvalue weighted by Crippen LogP contribution is -2.30. The van der Waals surface area contributed by atoms with Crippen molar-refractivity contribution in [3.05, 3.63) is 99.9 Å². The first-order chi connectivity index (χ1) is 14.8. The van der Waals surface area contributed by atoms with Crippen LogP contribution in [-0.4, -0.2) is 21.8 Å². The van der Waals surface area contributed by atoms with E-state index in [1.165, 1.54) is 4.90 Å². The number of amides is 1. The van der Waals surface area contributed by atoms with Crippen LogP contribution in [0.25, 0.3) is 5.76 Å². The van der Waals surface area contributed by atoms with E-state index < -0.39 is 17.7 Å². The van der Waals surface area contributed by atoms with Gasteiger partial charge in [-0.2, -0.15) is 0 Å². The third kappa shape index (κ3) is 3.52. The van der Waals surface area contributed by atoms with Crippen molar-refractivity contribution >= 4 is 23.1 Å². The van der Waals surface area contributed by atoms with E-state index in [4.69, 9.17) is 0 Å². The Morgan fingerprint density at radius 2 is 1.52 bits per heavy atom. The van der Waals surface area contributed by atoms with Gasteiger partial charge in [-0.3, -0.25) is 19.5 Å². The van der Waals surface area contributed by atoms with Crippen LogP contribution < -0.4 is 4.90 Å². The highest BCUT2D eigenvalue weighted by molar-refractivity contribution is 6.51. The molecule has 5 heteroatoms. The molecule has 0 bridgehead atoms.